The van der Waals surface area contributed by atoms with E-state index >= 15 is 0 Å². The summed E-state index contributed by atoms with van der Waals surface area (Å²) < 4.78 is 12.8. The van der Waals surface area contributed by atoms with Crippen molar-refractivity contribution in [1.29, 1.82) is 0 Å². The predicted molar refractivity (Wildman–Crippen MR) is 69.9 cm³/mol. The molecule has 1 aromatic carbocycles. The second kappa shape index (κ2) is 5.12. The van der Waals surface area contributed by atoms with Crippen LogP contribution in [-0.2, 0) is 0 Å². The summed E-state index contributed by atoms with van der Waals surface area (Å²) in [6, 6.07) is 8.43. The van der Waals surface area contributed by atoms with Crippen LogP contribution in [0.15, 0.2) is 30.3 Å². The van der Waals surface area contributed by atoms with Crippen molar-refractivity contribution < 1.29 is 4.39 Å². The fraction of sp³-hybridized carbons (Fsp3) is 0.286. The Morgan fingerprint density at radius 2 is 1.78 bits per heavy atom. The SMILES string of the molecule is Cc1cc(NC(C)c2ccc(F)cc2)nc(C)n1. The number of nitrogens with zero attached hydrogens (tertiary/aromatic N) is 2. The molecule has 1 aromatic heterocycles. The van der Waals surface area contributed by atoms with E-state index in [2.05, 4.69) is 15.3 Å². The lowest BCUT2D eigenvalue weighted by Crippen LogP contribution is -2.09. The molecule has 2 aromatic rings. The van der Waals surface area contributed by atoms with Crippen LogP contribution in [0.2, 0.25) is 0 Å². The maximum absolute atomic E-state index is 12.8. The summed E-state index contributed by atoms with van der Waals surface area (Å²) in [6.45, 7) is 5.81. The first-order chi connectivity index (χ1) is 8.54. The average molecular weight is 245 g/mol. The maximum Gasteiger partial charge on any atom is 0.130 e. The van der Waals surface area contributed by atoms with Crippen LogP contribution in [0.25, 0.3) is 0 Å². The minimum Gasteiger partial charge on any atom is -0.363 e. The highest BCUT2D eigenvalue weighted by molar-refractivity contribution is 5.39. The largest absolute Gasteiger partial charge is 0.363 e. The first kappa shape index (κ1) is 12.5. The molecule has 1 atom stereocenters. The Labute approximate surface area is 106 Å². The number of rotatable bonds is 3. The van der Waals surface area contributed by atoms with Gasteiger partial charge in [0.05, 0.1) is 0 Å². The number of aromatic nitrogens is 2. The van der Waals surface area contributed by atoms with Crippen LogP contribution >= 0.6 is 0 Å². The van der Waals surface area contributed by atoms with Gasteiger partial charge >= 0.3 is 0 Å². The summed E-state index contributed by atoms with van der Waals surface area (Å²) in [5.74, 6) is 1.31. The van der Waals surface area contributed by atoms with Crippen LogP contribution in [0.1, 0.15) is 30.0 Å². The average Bonchev–Trinajstić information content (AvgIpc) is 2.28. The van der Waals surface area contributed by atoms with Gasteiger partial charge in [-0.25, -0.2) is 14.4 Å². The summed E-state index contributed by atoms with van der Waals surface area (Å²) in [4.78, 5) is 8.55. The molecule has 0 spiro atoms. The van der Waals surface area contributed by atoms with E-state index in [4.69, 9.17) is 0 Å². The second-order valence-electron chi connectivity index (χ2n) is 4.36. The Morgan fingerprint density at radius 1 is 1.11 bits per heavy atom. The van der Waals surface area contributed by atoms with E-state index < -0.39 is 0 Å². The van der Waals surface area contributed by atoms with Crippen molar-refractivity contribution in [3.05, 3.63) is 53.2 Å². The van der Waals surface area contributed by atoms with Gasteiger partial charge in [0.1, 0.15) is 17.5 Å². The van der Waals surface area contributed by atoms with E-state index in [0.29, 0.717) is 0 Å². The van der Waals surface area contributed by atoms with Crippen LogP contribution in [0.3, 0.4) is 0 Å². The predicted octanol–water partition coefficient (Wildman–Crippen LogP) is 3.41. The van der Waals surface area contributed by atoms with Crippen molar-refractivity contribution in [2.24, 2.45) is 0 Å². The van der Waals surface area contributed by atoms with E-state index in [1.165, 1.54) is 12.1 Å². The Hall–Kier alpha value is -1.97. The molecule has 1 unspecified atom stereocenters. The van der Waals surface area contributed by atoms with Crippen LogP contribution < -0.4 is 5.32 Å². The van der Waals surface area contributed by atoms with Crippen molar-refractivity contribution >= 4 is 5.82 Å². The molecule has 0 aliphatic rings. The number of aryl methyl sites for hydroxylation is 2. The van der Waals surface area contributed by atoms with Crippen molar-refractivity contribution in [2.45, 2.75) is 26.8 Å². The highest BCUT2D eigenvalue weighted by Crippen LogP contribution is 2.18. The molecule has 0 saturated heterocycles. The van der Waals surface area contributed by atoms with Crippen LogP contribution in [-0.4, -0.2) is 9.97 Å². The van der Waals surface area contributed by atoms with Gasteiger partial charge in [0, 0.05) is 17.8 Å². The summed E-state index contributed by atoms with van der Waals surface area (Å²) in [5.41, 5.74) is 1.95. The molecule has 94 valence electrons. The molecular formula is C14H16FN3. The van der Waals surface area contributed by atoms with Gasteiger partial charge in [0.15, 0.2) is 0 Å². The quantitative estimate of drug-likeness (QED) is 0.900. The molecule has 0 bridgehead atoms. The normalized spacial score (nSPS) is 12.2. The lowest BCUT2D eigenvalue weighted by molar-refractivity contribution is 0.626. The maximum atomic E-state index is 12.8. The molecule has 0 radical (unpaired) electrons. The molecule has 0 amide bonds. The second-order valence-corrected chi connectivity index (χ2v) is 4.36. The zero-order valence-electron chi connectivity index (χ0n) is 10.7. The summed E-state index contributed by atoms with van der Waals surface area (Å²) in [7, 11) is 0. The zero-order chi connectivity index (χ0) is 13.1. The van der Waals surface area contributed by atoms with E-state index in [0.717, 1.165) is 22.9 Å². The van der Waals surface area contributed by atoms with Gasteiger partial charge in [-0.15, -0.1) is 0 Å². The fourth-order valence-electron chi connectivity index (χ4n) is 1.85. The van der Waals surface area contributed by atoms with Crippen LogP contribution in [0.4, 0.5) is 10.2 Å². The number of hydrogen-bond donors (Lipinski definition) is 1. The zero-order valence-corrected chi connectivity index (χ0v) is 10.7. The first-order valence-corrected chi connectivity index (χ1v) is 5.89. The first-order valence-electron chi connectivity index (χ1n) is 5.89. The van der Waals surface area contributed by atoms with E-state index in [1.54, 1.807) is 12.1 Å². The number of nitrogens with one attached hydrogen (secondary N) is 1. The highest BCUT2D eigenvalue weighted by atomic mass is 19.1. The Kier molecular flexibility index (Phi) is 3.55. The third-order valence-corrected chi connectivity index (χ3v) is 2.70. The monoisotopic (exact) mass is 245 g/mol. The van der Waals surface area contributed by atoms with Gasteiger partial charge in [-0.1, -0.05) is 12.1 Å². The van der Waals surface area contributed by atoms with Gasteiger partial charge in [-0.2, -0.15) is 0 Å². The van der Waals surface area contributed by atoms with Crippen LogP contribution in [0, 0.1) is 19.7 Å². The van der Waals surface area contributed by atoms with Gasteiger partial charge in [0.2, 0.25) is 0 Å². The molecule has 18 heavy (non-hydrogen) atoms. The lowest BCUT2D eigenvalue weighted by Gasteiger charge is -2.15. The molecular weight excluding hydrogens is 229 g/mol. The summed E-state index contributed by atoms with van der Waals surface area (Å²) in [5, 5.41) is 3.29. The fourth-order valence-corrected chi connectivity index (χ4v) is 1.85. The summed E-state index contributed by atoms with van der Waals surface area (Å²) in [6.07, 6.45) is 0. The van der Waals surface area contributed by atoms with E-state index in [1.807, 2.05) is 26.8 Å². The number of benzene rings is 1. The van der Waals surface area contributed by atoms with Crippen molar-refractivity contribution in [1.82, 2.24) is 9.97 Å². The van der Waals surface area contributed by atoms with Gasteiger partial charge in [-0.3, -0.25) is 0 Å². The van der Waals surface area contributed by atoms with Gasteiger partial charge in [-0.05, 0) is 38.5 Å². The highest BCUT2D eigenvalue weighted by Gasteiger charge is 2.07. The molecule has 1 heterocycles. The molecule has 3 nitrogen and oxygen atoms in total. The number of hydrogen-bond acceptors (Lipinski definition) is 3. The Morgan fingerprint density at radius 3 is 2.39 bits per heavy atom. The third-order valence-electron chi connectivity index (χ3n) is 2.70. The standard InChI is InChI=1S/C14H16FN3/c1-9-8-14(18-11(3)16-9)17-10(2)12-4-6-13(15)7-5-12/h4-8,10H,1-3H3,(H,16,17,18). The summed E-state index contributed by atoms with van der Waals surface area (Å²) >= 11 is 0. The molecule has 0 aliphatic carbocycles. The molecule has 0 fully saturated rings. The van der Waals surface area contributed by atoms with Crippen molar-refractivity contribution in [3.8, 4) is 0 Å². The lowest BCUT2D eigenvalue weighted by atomic mass is 10.1. The smallest absolute Gasteiger partial charge is 0.130 e. The topological polar surface area (TPSA) is 37.8 Å². The van der Waals surface area contributed by atoms with Crippen molar-refractivity contribution in [2.75, 3.05) is 5.32 Å². The Balaban J connectivity index is 2.15. The molecule has 4 heteroatoms. The van der Waals surface area contributed by atoms with Crippen LogP contribution in [0.5, 0.6) is 0 Å². The molecule has 2 rings (SSSR count). The van der Waals surface area contributed by atoms with Gasteiger partial charge in [0.25, 0.3) is 0 Å². The molecule has 0 saturated carbocycles. The molecule has 0 aliphatic heterocycles. The third kappa shape index (κ3) is 3.03. The van der Waals surface area contributed by atoms with E-state index in [-0.39, 0.29) is 11.9 Å². The number of halogens is 1. The molecule has 1 N–H and O–H groups in total. The van der Waals surface area contributed by atoms with Crippen molar-refractivity contribution in [3.63, 3.8) is 0 Å². The number of anilines is 1. The van der Waals surface area contributed by atoms with Gasteiger partial charge < -0.3 is 5.32 Å². The minimum atomic E-state index is -0.223. The Bertz CT molecular complexity index is 517. The minimum absolute atomic E-state index is 0.0688. The van der Waals surface area contributed by atoms with E-state index in [9.17, 15) is 4.39 Å².